The Balaban J connectivity index is 1.90. The molecular formula is C18H21N3O4. The number of rotatable bonds is 7. The van der Waals surface area contributed by atoms with E-state index in [0.717, 1.165) is 11.3 Å². The Morgan fingerprint density at radius 2 is 1.96 bits per heavy atom. The number of hydrogen-bond donors (Lipinski definition) is 1. The zero-order chi connectivity index (χ0) is 18.2. The highest BCUT2D eigenvalue weighted by atomic mass is 16.5. The van der Waals surface area contributed by atoms with E-state index >= 15 is 0 Å². The van der Waals surface area contributed by atoms with Crippen LogP contribution in [0, 0.1) is 6.92 Å². The van der Waals surface area contributed by atoms with Gasteiger partial charge in [0.05, 0.1) is 26.5 Å². The van der Waals surface area contributed by atoms with E-state index in [2.05, 4.69) is 10.4 Å². The molecule has 0 aliphatic heterocycles. The largest absolute Gasteiger partial charge is 0.493 e. The van der Waals surface area contributed by atoms with Gasteiger partial charge in [0, 0.05) is 18.7 Å². The number of nitrogens with one attached hydrogen (secondary N) is 1. The van der Waals surface area contributed by atoms with Gasteiger partial charge in [0.2, 0.25) is 5.91 Å². The number of methoxy groups -OCH3 is 2. The molecule has 25 heavy (non-hydrogen) atoms. The Hall–Kier alpha value is -3.09. The van der Waals surface area contributed by atoms with Crippen LogP contribution in [0.5, 0.6) is 11.5 Å². The number of benzene rings is 1. The lowest BCUT2D eigenvalue weighted by atomic mass is 10.2. The molecule has 132 valence electrons. The number of carbonyl (C=O) groups is 1. The second-order valence-corrected chi connectivity index (χ2v) is 5.27. The first-order chi connectivity index (χ1) is 12.0. The molecule has 0 radical (unpaired) electrons. The molecule has 0 atom stereocenters. The average molecular weight is 343 g/mol. The molecular weight excluding hydrogens is 322 g/mol. The summed E-state index contributed by atoms with van der Waals surface area (Å²) in [4.78, 5) is 23.5. The Morgan fingerprint density at radius 3 is 2.68 bits per heavy atom. The highest BCUT2D eigenvalue weighted by molar-refractivity contribution is 5.91. The van der Waals surface area contributed by atoms with Crippen LogP contribution in [0.15, 0.2) is 41.2 Å². The van der Waals surface area contributed by atoms with E-state index in [0.29, 0.717) is 24.6 Å². The first kappa shape index (κ1) is 18.3. The van der Waals surface area contributed by atoms with Crippen molar-refractivity contribution in [2.24, 2.45) is 0 Å². The molecule has 1 N–H and O–H groups in total. The molecule has 0 saturated heterocycles. The number of carbonyl (C=O) groups excluding carboxylic acids is 1. The van der Waals surface area contributed by atoms with Crippen LogP contribution in [0.1, 0.15) is 11.3 Å². The van der Waals surface area contributed by atoms with Gasteiger partial charge in [-0.15, -0.1) is 0 Å². The zero-order valence-corrected chi connectivity index (χ0v) is 14.5. The van der Waals surface area contributed by atoms with Crippen LogP contribution in [-0.4, -0.2) is 36.5 Å². The lowest BCUT2D eigenvalue weighted by Gasteiger charge is -2.07. The summed E-state index contributed by atoms with van der Waals surface area (Å²) in [7, 11) is 3.12. The predicted octanol–water partition coefficient (Wildman–Crippen LogP) is 1.40. The summed E-state index contributed by atoms with van der Waals surface area (Å²) < 4.78 is 11.7. The van der Waals surface area contributed by atoms with E-state index in [9.17, 15) is 9.59 Å². The minimum absolute atomic E-state index is 0.194. The average Bonchev–Trinajstić information content (AvgIpc) is 2.62. The minimum Gasteiger partial charge on any atom is -0.493 e. The standard InChI is InChI=1S/C18H21N3O4/c1-13-4-9-18(23)21(20-13)11-10-19-17(22)8-6-14-5-7-15(24-2)16(12-14)25-3/h4-9,12H,10-11H2,1-3H3,(H,19,22)/b8-6+. The van der Waals surface area contributed by atoms with Crippen molar-refractivity contribution in [2.45, 2.75) is 13.5 Å². The van der Waals surface area contributed by atoms with Gasteiger partial charge in [0.25, 0.3) is 5.56 Å². The van der Waals surface area contributed by atoms with Gasteiger partial charge >= 0.3 is 0 Å². The van der Waals surface area contributed by atoms with E-state index in [1.807, 2.05) is 6.07 Å². The van der Waals surface area contributed by atoms with E-state index < -0.39 is 0 Å². The first-order valence-electron chi connectivity index (χ1n) is 7.76. The molecule has 2 rings (SSSR count). The summed E-state index contributed by atoms with van der Waals surface area (Å²) in [5.74, 6) is 0.964. The topological polar surface area (TPSA) is 82.5 Å². The number of aromatic nitrogens is 2. The highest BCUT2D eigenvalue weighted by Gasteiger charge is 2.03. The van der Waals surface area contributed by atoms with Crippen molar-refractivity contribution < 1.29 is 14.3 Å². The van der Waals surface area contributed by atoms with Crippen LogP contribution in [0.4, 0.5) is 0 Å². The lowest BCUT2D eigenvalue weighted by molar-refractivity contribution is -0.116. The summed E-state index contributed by atoms with van der Waals surface area (Å²) >= 11 is 0. The maximum Gasteiger partial charge on any atom is 0.266 e. The highest BCUT2D eigenvalue weighted by Crippen LogP contribution is 2.27. The third-order valence-electron chi connectivity index (χ3n) is 3.46. The van der Waals surface area contributed by atoms with Crippen LogP contribution in [0.3, 0.4) is 0 Å². The summed E-state index contributed by atoms with van der Waals surface area (Å²) in [6, 6.07) is 8.48. The quantitative estimate of drug-likeness (QED) is 0.769. The monoisotopic (exact) mass is 343 g/mol. The normalized spacial score (nSPS) is 10.7. The smallest absolute Gasteiger partial charge is 0.266 e. The molecule has 0 spiro atoms. The van der Waals surface area contributed by atoms with Crippen molar-refractivity contribution in [3.05, 3.63) is 58.0 Å². The van der Waals surface area contributed by atoms with E-state index in [1.165, 1.54) is 16.8 Å². The van der Waals surface area contributed by atoms with Gasteiger partial charge in [-0.05, 0) is 36.8 Å². The molecule has 0 bridgehead atoms. The van der Waals surface area contributed by atoms with Crippen LogP contribution in [0.25, 0.3) is 6.08 Å². The Kier molecular flexibility index (Phi) is 6.33. The van der Waals surface area contributed by atoms with Crippen molar-refractivity contribution in [3.8, 4) is 11.5 Å². The van der Waals surface area contributed by atoms with Gasteiger partial charge in [-0.25, -0.2) is 4.68 Å². The van der Waals surface area contributed by atoms with Crippen LogP contribution in [0.2, 0.25) is 0 Å². The summed E-state index contributed by atoms with van der Waals surface area (Å²) in [6.45, 7) is 2.43. The van der Waals surface area contributed by atoms with Gasteiger partial charge in [-0.2, -0.15) is 5.10 Å². The fourth-order valence-corrected chi connectivity index (χ4v) is 2.18. The Bertz CT molecular complexity index is 827. The second-order valence-electron chi connectivity index (χ2n) is 5.27. The van der Waals surface area contributed by atoms with E-state index in [4.69, 9.17) is 9.47 Å². The fraction of sp³-hybridized carbons (Fsp3) is 0.278. The second kappa shape index (κ2) is 8.68. The van der Waals surface area contributed by atoms with Gasteiger partial charge < -0.3 is 14.8 Å². The van der Waals surface area contributed by atoms with Crippen LogP contribution in [-0.2, 0) is 11.3 Å². The molecule has 0 unspecified atom stereocenters. The molecule has 1 aromatic carbocycles. The number of hydrogen-bond acceptors (Lipinski definition) is 5. The van der Waals surface area contributed by atoms with Crippen molar-refractivity contribution in [1.29, 1.82) is 0 Å². The maximum absolute atomic E-state index is 11.9. The Labute approximate surface area is 145 Å². The van der Waals surface area contributed by atoms with Crippen molar-refractivity contribution in [2.75, 3.05) is 20.8 Å². The van der Waals surface area contributed by atoms with Crippen molar-refractivity contribution in [3.63, 3.8) is 0 Å². The molecule has 1 heterocycles. The molecule has 0 aliphatic rings. The Morgan fingerprint density at radius 1 is 1.20 bits per heavy atom. The number of ether oxygens (including phenoxy) is 2. The van der Waals surface area contributed by atoms with Gasteiger partial charge in [0.15, 0.2) is 11.5 Å². The van der Waals surface area contributed by atoms with E-state index in [1.54, 1.807) is 45.4 Å². The third kappa shape index (κ3) is 5.20. The SMILES string of the molecule is COc1ccc(/C=C/C(=O)NCCn2nc(C)ccc2=O)cc1OC. The molecule has 7 nitrogen and oxygen atoms in total. The minimum atomic E-state index is -0.254. The van der Waals surface area contributed by atoms with Crippen LogP contribution < -0.4 is 20.3 Å². The molecule has 7 heteroatoms. The molecule has 0 fully saturated rings. The summed E-state index contributed by atoms with van der Waals surface area (Å²) in [5.41, 5.74) is 1.37. The van der Waals surface area contributed by atoms with Gasteiger partial charge in [-0.1, -0.05) is 6.07 Å². The molecule has 0 saturated carbocycles. The zero-order valence-electron chi connectivity index (χ0n) is 14.5. The summed E-state index contributed by atoms with van der Waals surface area (Å²) in [6.07, 6.45) is 3.10. The molecule has 1 aromatic heterocycles. The fourth-order valence-electron chi connectivity index (χ4n) is 2.18. The number of aryl methyl sites for hydroxylation is 1. The lowest BCUT2D eigenvalue weighted by Crippen LogP contribution is -2.31. The maximum atomic E-state index is 11.9. The molecule has 2 aromatic rings. The summed E-state index contributed by atoms with van der Waals surface area (Å²) in [5, 5.41) is 6.83. The molecule has 1 amide bonds. The van der Waals surface area contributed by atoms with Crippen molar-refractivity contribution in [1.82, 2.24) is 15.1 Å². The number of amides is 1. The third-order valence-corrected chi connectivity index (χ3v) is 3.46. The van der Waals surface area contributed by atoms with Gasteiger partial charge in [0.1, 0.15) is 0 Å². The predicted molar refractivity (Wildman–Crippen MR) is 94.8 cm³/mol. The van der Waals surface area contributed by atoms with Gasteiger partial charge in [-0.3, -0.25) is 9.59 Å². The van der Waals surface area contributed by atoms with E-state index in [-0.39, 0.29) is 11.5 Å². The number of nitrogens with zero attached hydrogens (tertiary/aromatic N) is 2. The molecule has 0 aliphatic carbocycles. The van der Waals surface area contributed by atoms with Crippen molar-refractivity contribution >= 4 is 12.0 Å². The first-order valence-corrected chi connectivity index (χ1v) is 7.76. The van der Waals surface area contributed by atoms with Crippen LogP contribution >= 0.6 is 0 Å².